The Balaban J connectivity index is 1.46. The smallest absolute Gasteiger partial charge is 0.255 e. The van der Waals surface area contributed by atoms with Crippen molar-refractivity contribution in [3.63, 3.8) is 0 Å². The molecule has 0 aliphatic carbocycles. The Morgan fingerprint density at radius 1 is 0.971 bits per heavy atom. The van der Waals surface area contributed by atoms with E-state index in [2.05, 4.69) is 10.2 Å². The first-order valence-corrected chi connectivity index (χ1v) is 11.7. The molecule has 34 heavy (non-hydrogen) atoms. The lowest BCUT2D eigenvalue weighted by Gasteiger charge is -2.39. The van der Waals surface area contributed by atoms with Crippen LogP contribution in [0.2, 0.25) is 5.02 Å². The van der Waals surface area contributed by atoms with Gasteiger partial charge < -0.3 is 10.2 Å². The zero-order chi connectivity index (χ0) is 24.1. The minimum Gasteiger partial charge on any atom is -0.350 e. The molecule has 1 saturated heterocycles. The highest BCUT2D eigenvalue weighted by atomic mass is 35.5. The molecule has 5 nitrogen and oxygen atoms in total. The van der Waals surface area contributed by atoms with Crippen molar-refractivity contribution in [1.29, 1.82) is 0 Å². The molecule has 7 heteroatoms. The second kappa shape index (κ2) is 10.8. The number of carbonyl (C=O) groups is 2. The average Bonchev–Trinajstić information content (AvgIpc) is 2.86. The number of halogens is 2. The van der Waals surface area contributed by atoms with Crippen LogP contribution in [-0.4, -0.2) is 47.8 Å². The molecule has 1 N–H and O–H groups in total. The number of hydrogen-bond acceptors (Lipinski definition) is 3. The number of hydrogen-bond donors (Lipinski definition) is 1. The van der Waals surface area contributed by atoms with Crippen LogP contribution < -0.4 is 5.32 Å². The molecule has 176 valence electrons. The summed E-state index contributed by atoms with van der Waals surface area (Å²) in [6, 6.07) is 21.7. The van der Waals surface area contributed by atoms with E-state index in [0.717, 1.165) is 11.1 Å². The van der Waals surface area contributed by atoms with E-state index < -0.39 is 11.9 Å². The summed E-state index contributed by atoms with van der Waals surface area (Å²) in [5.74, 6) is -0.733. The quantitative estimate of drug-likeness (QED) is 0.562. The van der Waals surface area contributed by atoms with Gasteiger partial charge in [-0.2, -0.15) is 0 Å². The van der Waals surface area contributed by atoms with Crippen LogP contribution in [0.5, 0.6) is 0 Å². The van der Waals surface area contributed by atoms with Gasteiger partial charge in [-0.05, 0) is 35.7 Å². The summed E-state index contributed by atoms with van der Waals surface area (Å²) in [6.07, 6.45) is 0. The first-order chi connectivity index (χ1) is 16.4. The molecule has 0 unspecified atom stereocenters. The first kappa shape index (κ1) is 23.9. The summed E-state index contributed by atoms with van der Waals surface area (Å²) in [6.45, 7) is 4.01. The second-order valence-electron chi connectivity index (χ2n) is 8.43. The molecule has 3 aromatic rings. The fraction of sp³-hybridized carbons (Fsp3) is 0.259. The highest BCUT2D eigenvalue weighted by Gasteiger charge is 2.32. The number of rotatable bonds is 6. The van der Waals surface area contributed by atoms with E-state index in [-0.39, 0.29) is 16.8 Å². The molecular formula is C27H27ClFN3O2. The minimum atomic E-state index is -0.459. The number of aryl methyl sites for hydroxylation is 1. The van der Waals surface area contributed by atoms with Crippen molar-refractivity contribution in [2.24, 2.45) is 0 Å². The number of nitrogens with one attached hydrogen (secondary N) is 1. The molecule has 4 rings (SSSR count). The van der Waals surface area contributed by atoms with Gasteiger partial charge in [0.1, 0.15) is 11.9 Å². The number of amides is 2. The Morgan fingerprint density at radius 2 is 1.59 bits per heavy atom. The molecule has 1 atom stereocenters. The maximum atomic E-state index is 13.8. The van der Waals surface area contributed by atoms with Crippen LogP contribution in [0.4, 0.5) is 4.39 Å². The van der Waals surface area contributed by atoms with Crippen LogP contribution in [0.3, 0.4) is 0 Å². The van der Waals surface area contributed by atoms with Crippen molar-refractivity contribution in [3.05, 3.63) is 106 Å². The third-order valence-corrected chi connectivity index (χ3v) is 6.43. The predicted octanol–water partition coefficient (Wildman–Crippen LogP) is 4.60. The molecule has 0 radical (unpaired) electrons. The Morgan fingerprint density at radius 3 is 2.24 bits per heavy atom. The molecule has 2 amide bonds. The van der Waals surface area contributed by atoms with Crippen molar-refractivity contribution in [2.75, 3.05) is 26.2 Å². The molecule has 0 spiro atoms. The van der Waals surface area contributed by atoms with Crippen LogP contribution in [0.1, 0.15) is 33.1 Å². The standard InChI is InChI=1S/C27H27ClFN3O2/c1-19-16-22(23(28)17-24(19)29)27(34)32-14-12-31(13-15-32)25(21-10-6-3-7-11-21)26(33)30-18-20-8-4-2-5-9-20/h2-11,16-17,25H,12-15,18H2,1H3,(H,30,33)/t25-/m0/s1. The molecule has 0 aromatic heterocycles. The van der Waals surface area contributed by atoms with Gasteiger partial charge in [0.25, 0.3) is 5.91 Å². The molecule has 1 heterocycles. The van der Waals surface area contributed by atoms with Gasteiger partial charge in [-0.1, -0.05) is 72.3 Å². The minimum absolute atomic E-state index is 0.0768. The highest BCUT2D eigenvalue weighted by Crippen LogP contribution is 2.26. The van der Waals surface area contributed by atoms with E-state index >= 15 is 0 Å². The molecule has 3 aromatic carbocycles. The lowest BCUT2D eigenvalue weighted by atomic mass is 10.0. The normalized spacial score (nSPS) is 15.1. The monoisotopic (exact) mass is 479 g/mol. The van der Waals surface area contributed by atoms with E-state index in [1.165, 1.54) is 12.1 Å². The van der Waals surface area contributed by atoms with Gasteiger partial charge in [0.05, 0.1) is 10.6 Å². The van der Waals surface area contributed by atoms with Crippen LogP contribution in [0.25, 0.3) is 0 Å². The molecule has 0 saturated carbocycles. The summed E-state index contributed by atoms with van der Waals surface area (Å²) < 4.78 is 13.8. The number of benzene rings is 3. The topological polar surface area (TPSA) is 52.7 Å². The summed E-state index contributed by atoms with van der Waals surface area (Å²) >= 11 is 6.15. The molecule has 0 bridgehead atoms. The van der Waals surface area contributed by atoms with Gasteiger partial charge in [0.2, 0.25) is 5.91 Å². The van der Waals surface area contributed by atoms with Gasteiger partial charge >= 0.3 is 0 Å². The molecule has 1 aliphatic rings. The van der Waals surface area contributed by atoms with Crippen molar-refractivity contribution in [1.82, 2.24) is 15.1 Å². The maximum absolute atomic E-state index is 13.8. The fourth-order valence-corrected chi connectivity index (χ4v) is 4.45. The van der Waals surface area contributed by atoms with Crippen molar-refractivity contribution < 1.29 is 14.0 Å². The largest absolute Gasteiger partial charge is 0.350 e. The summed E-state index contributed by atoms with van der Waals surface area (Å²) in [5.41, 5.74) is 2.62. The third kappa shape index (κ3) is 5.46. The SMILES string of the molecule is Cc1cc(C(=O)N2CCN([C@H](C(=O)NCc3ccccc3)c3ccccc3)CC2)c(Cl)cc1F. The number of nitrogens with zero attached hydrogens (tertiary/aromatic N) is 2. The molecule has 1 fully saturated rings. The lowest BCUT2D eigenvalue weighted by molar-refractivity contribution is -0.127. The van der Waals surface area contributed by atoms with Gasteiger partial charge in [0, 0.05) is 32.7 Å². The Hall–Kier alpha value is -3.22. The van der Waals surface area contributed by atoms with Crippen LogP contribution in [-0.2, 0) is 11.3 Å². The van der Waals surface area contributed by atoms with E-state index in [0.29, 0.717) is 43.9 Å². The maximum Gasteiger partial charge on any atom is 0.255 e. The van der Waals surface area contributed by atoms with Gasteiger partial charge in [-0.25, -0.2) is 4.39 Å². The Kier molecular flexibility index (Phi) is 7.60. The van der Waals surface area contributed by atoms with Crippen molar-refractivity contribution >= 4 is 23.4 Å². The van der Waals surface area contributed by atoms with Gasteiger partial charge in [-0.15, -0.1) is 0 Å². The molecule has 1 aliphatic heterocycles. The number of carbonyl (C=O) groups excluding carboxylic acids is 2. The Labute approximate surface area is 204 Å². The Bertz CT molecular complexity index is 1150. The van der Waals surface area contributed by atoms with E-state index in [4.69, 9.17) is 11.6 Å². The van der Waals surface area contributed by atoms with Crippen molar-refractivity contribution in [2.45, 2.75) is 19.5 Å². The summed E-state index contributed by atoms with van der Waals surface area (Å²) in [7, 11) is 0. The van der Waals surface area contributed by atoms with Crippen LogP contribution in [0.15, 0.2) is 72.8 Å². The summed E-state index contributed by atoms with van der Waals surface area (Å²) in [5, 5.41) is 3.17. The average molecular weight is 480 g/mol. The predicted molar refractivity (Wildman–Crippen MR) is 131 cm³/mol. The summed E-state index contributed by atoms with van der Waals surface area (Å²) in [4.78, 5) is 30.1. The van der Waals surface area contributed by atoms with E-state index in [9.17, 15) is 14.0 Å². The van der Waals surface area contributed by atoms with Crippen LogP contribution >= 0.6 is 11.6 Å². The highest BCUT2D eigenvalue weighted by molar-refractivity contribution is 6.33. The van der Waals surface area contributed by atoms with E-state index in [1.807, 2.05) is 60.7 Å². The zero-order valence-electron chi connectivity index (χ0n) is 19.0. The zero-order valence-corrected chi connectivity index (χ0v) is 19.8. The number of piperazine rings is 1. The first-order valence-electron chi connectivity index (χ1n) is 11.3. The second-order valence-corrected chi connectivity index (χ2v) is 8.83. The van der Waals surface area contributed by atoms with E-state index in [1.54, 1.807) is 11.8 Å². The van der Waals surface area contributed by atoms with Crippen LogP contribution in [0, 0.1) is 12.7 Å². The molecular weight excluding hydrogens is 453 g/mol. The third-order valence-electron chi connectivity index (χ3n) is 6.12. The fourth-order valence-electron chi connectivity index (χ4n) is 4.22. The van der Waals surface area contributed by atoms with Crippen molar-refractivity contribution in [3.8, 4) is 0 Å². The van der Waals surface area contributed by atoms with Gasteiger partial charge in [-0.3, -0.25) is 14.5 Å². The van der Waals surface area contributed by atoms with Gasteiger partial charge in [0.15, 0.2) is 0 Å². The lowest BCUT2D eigenvalue weighted by Crippen LogP contribution is -2.52.